The number of aldehydes is 1. The summed E-state index contributed by atoms with van der Waals surface area (Å²) in [6.45, 7) is 6.80. The van der Waals surface area contributed by atoms with Crippen molar-refractivity contribution in [2.24, 2.45) is 34.5 Å². The van der Waals surface area contributed by atoms with Crippen molar-refractivity contribution in [3.05, 3.63) is 11.6 Å². The van der Waals surface area contributed by atoms with E-state index in [1.165, 1.54) is 6.42 Å². The molecule has 45 heavy (non-hydrogen) atoms. The van der Waals surface area contributed by atoms with E-state index < -0.39 is 28.7 Å². The molecule has 8 aliphatic rings. The van der Waals surface area contributed by atoms with E-state index in [0.717, 1.165) is 50.4 Å². The van der Waals surface area contributed by atoms with Gasteiger partial charge in [-0.2, -0.15) is 0 Å². The van der Waals surface area contributed by atoms with Gasteiger partial charge >= 0.3 is 5.97 Å². The van der Waals surface area contributed by atoms with Crippen LogP contribution in [0.2, 0.25) is 0 Å². The molecular formula is C36H52O9. The third-order valence-electron chi connectivity index (χ3n) is 14.4. The molecule has 0 aromatic carbocycles. The lowest BCUT2D eigenvalue weighted by atomic mass is 9.41. The van der Waals surface area contributed by atoms with Crippen molar-refractivity contribution in [2.75, 3.05) is 6.61 Å². The molecule has 3 aliphatic heterocycles. The van der Waals surface area contributed by atoms with Crippen LogP contribution in [0.3, 0.4) is 0 Å². The summed E-state index contributed by atoms with van der Waals surface area (Å²) >= 11 is 0. The van der Waals surface area contributed by atoms with Crippen molar-refractivity contribution in [3.63, 3.8) is 0 Å². The van der Waals surface area contributed by atoms with Crippen LogP contribution >= 0.6 is 0 Å². The smallest absolute Gasteiger partial charge is 0.331 e. The second-order valence-electron chi connectivity index (χ2n) is 16.6. The Labute approximate surface area is 266 Å². The molecule has 250 valence electrons. The van der Waals surface area contributed by atoms with E-state index in [1.807, 2.05) is 6.92 Å². The van der Waals surface area contributed by atoms with Crippen molar-refractivity contribution in [1.82, 2.24) is 0 Å². The van der Waals surface area contributed by atoms with Crippen LogP contribution in [0.5, 0.6) is 0 Å². The van der Waals surface area contributed by atoms with Crippen LogP contribution in [0.1, 0.15) is 111 Å². The van der Waals surface area contributed by atoms with Crippen LogP contribution in [-0.2, 0) is 33.3 Å². The summed E-state index contributed by atoms with van der Waals surface area (Å²) < 4.78 is 31.4. The lowest BCUT2D eigenvalue weighted by Crippen LogP contribution is -2.69. The molecule has 14 atom stereocenters. The number of hydrogen-bond acceptors (Lipinski definition) is 9. The number of ether oxygens (including phenoxy) is 5. The first-order valence-corrected chi connectivity index (χ1v) is 17.9. The zero-order valence-electron chi connectivity index (χ0n) is 27.2. The maximum absolute atomic E-state index is 13.2. The summed E-state index contributed by atoms with van der Waals surface area (Å²) in [5, 5.41) is 24.9. The van der Waals surface area contributed by atoms with Gasteiger partial charge < -0.3 is 38.7 Å². The van der Waals surface area contributed by atoms with E-state index in [1.54, 1.807) is 6.08 Å². The van der Waals surface area contributed by atoms with E-state index in [0.29, 0.717) is 57.5 Å². The molecule has 14 unspecified atom stereocenters. The zero-order valence-corrected chi connectivity index (χ0v) is 27.2. The highest BCUT2D eigenvalue weighted by Crippen LogP contribution is 2.70. The molecule has 8 rings (SSSR count). The Kier molecular flexibility index (Phi) is 7.27. The maximum Gasteiger partial charge on any atom is 0.331 e. The minimum atomic E-state index is -1.19. The summed E-state index contributed by atoms with van der Waals surface area (Å²) in [6, 6.07) is 0. The highest BCUT2D eigenvalue weighted by Gasteiger charge is 2.71. The minimum absolute atomic E-state index is 0.0718. The number of rotatable bonds is 4. The quantitative estimate of drug-likeness (QED) is 0.258. The molecule has 2 saturated heterocycles. The van der Waals surface area contributed by atoms with E-state index in [-0.39, 0.29) is 53.6 Å². The fourth-order valence-electron chi connectivity index (χ4n) is 12.2. The van der Waals surface area contributed by atoms with Crippen LogP contribution in [-0.4, -0.2) is 76.8 Å². The first-order valence-electron chi connectivity index (χ1n) is 17.9. The van der Waals surface area contributed by atoms with Gasteiger partial charge in [0.05, 0.1) is 34.9 Å². The number of esters is 1. The van der Waals surface area contributed by atoms with Gasteiger partial charge in [-0.15, -0.1) is 0 Å². The number of cyclic esters (lactones) is 1. The molecule has 5 saturated carbocycles. The number of fused-ring (bicyclic) bond motifs is 6. The van der Waals surface area contributed by atoms with Crippen molar-refractivity contribution in [3.8, 4) is 0 Å². The molecule has 0 amide bonds. The molecular weight excluding hydrogens is 576 g/mol. The number of aliphatic hydroxyl groups is 2. The average Bonchev–Trinajstić information content (AvgIpc) is 3.65. The molecule has 7 fully saturated rings. The Bertz CT molecular complexity index is 1250. The molecule has 9 heteroatoms. The molecule has 0 radical (unpaired) electrons. The molecule has 0 bridgehead atoms. The SMILES string of the molecule is CC1CCCC2(C1)OC1CC(OC3CCC4(C=O)C5CCC6(C)C(C7=CC(=O)OC7)CCC6(O)C5CCC4(O)C3)OC(C)C1O2. The summed E-state index contributed by atoms with van der Waals surface area (Å²) in [7, 11) is 0. The maximum atomic E-state index is 13.2. The van der Waals surface area contributed by atoms with Crippen LogP contribution in [0.15, 0.2) is 11.6 Å². The van der Waals surface area contributed by atoms with Gasteiger partial charge in [-0.3, -0.25) is 0 Å². The Morgan fingerprint density at radius 3 is 2.53 bits per heavy atom. The summed E-state index contributed by atoms with van der Waals surface area (Å²) in [5.41, 5.74) is -2.43. The molecule has 0 aromatic heterocycles. The Balaban J connectivity index is 0.965. The lowest BCUT2D eigenvalue weighted by molar-refractivity contribution is -0.278. The van der Waals surface area contributed by atoms with Crippen molar-refractivity contribution >= 4 is 12.3 Å². The molecule has 5 aliphatic carbocycles. The predicted molar refractivity (Wildman–Crippen MR) is 162 cm³/mol. The van der Waals surface area contributed by atoms with E-state index >= 15 is 0 Å². The van der Waals surface area contributed by atoms with Crippen LogP contribution in [0.4, 0.5) is 0 Å². The topological polar surface area (TPSA) is 121 Å². The fourth-order valence-corrected chi connectivity index (χ4v) is 12.2. The van der Waals surface area contributed by atoms with Gasteiger partial charge in [0.25, 0.3) is 0 Å². The summed E-state index contributed by atoms with van der Waals surface area (Å²) in [6.07, 6.45) is 12.2. The third kappa shape index (κ3) is 4.46. The van der Waals surface area contributed by atoms with Crippen LogP contribution in [0, 0.1) is 34.5 Å². The summed E-state index contributed by atoms with van der Waals surface area (Å²) in [4.78, 5) is 25.1. The van der Waals surface area contributed by atoms with Crippen molar-refractivity contribution in [2.45, 2.75) is 158 Å². The second-order valence-corrected chi connectivity index (χ2v) is 16.6. The predicted octanol–water partition coefficient (Wildman–Crippen LogP) is 4.75. The lowest BCUT2D eigenvalue weighted by Gasteiger charge is -2.65. The number of hydrogen-bond donors (Lipinski definition) is 2. The van der Waals surface area contributed by atoms with Gasteiger partial charge in [0.15, 0.2) is 12.1 Å². The van der Waals surface area contributed by atoms with E-state index in [4.69, 9.17) is 23.7 Å². The van der Waals surface area contributed by atoms with Gasteiger partial charge in [-0.1, -0.05) is 20.3 Å². The number of carbonyl (C=O) groups excluding carboxylic acids is 2. The minimum Gasteiger partial charge on any atom is -0.458 e. The standard InChI is InChI=1S/C36H52O9/c1-21-5-4-10-35(17-21)44-28-16-30(42-22(2)31(28)45-35)43-24-6-12-33(20-37)26-7-11-32(3)25(23-15-29(38)41-19-23)9-14-36(32,40)27(26)8-13-34(33,39)18-24/h15,20-22,24-28,30-31,39-40H,4-14,16-19H2,1-3H3. The van der Waals surface area contributed by atoms with E-state index in [2.05, 4.69) is 13.8 Å². The van der Waals surface area contributed by atoms with Crippen molar-refractivity contribution < 1.29 is 43.5 Å². The highest BCUT2D eigenvalue weighted by molar-refractivity contribution is 5.85. The van der Waals surface area contributed by atoms with Crippen LogP contribution in [0.25, 0.3) is 0 Å². The Hall–Kier alpha value is -1.36. The van der Waals surface area contributed by atoms with Gasteiger partial charge in [-0.05, 0) is 94.0 Å². The highest BCUT2D eigenvalue weighted by atomic mass is 16.8. The third-order valence-corrected chi connectivity index (χ3v) is 14.4. The monoisotopic (exact) mass is 628 g/mol. The van der Waals surface area contributed by atoms with Gasteiger partial charge in [-0.25, -0.2) is 4.79 Å². The molecule has 0 aromatic rings. The molecule has 9 nitrogen and oxygen atoms in total. The normalized spacial score (nSPS) is 55.7. The fraction of sp³-hybridized carbons (Fsp3) is 0.889. The van der Waals surface area contributed by atoms with Gasteiger partial charge in [0.2, 0.25) is 0 Å². The van der Waals surface area contributed by atoms with Gasteiger partial charge in [0.1, 0.15) is 19.0 Å². The summed E-state index contributed by atoms with van der Waals surface area (Å²) in [5.74, 6) is -0.282. The van der Waals surface area contributed by atoms with Gasteiger partial charge in [0, 0.05) is 37.2 Å². The molecule has 3 heterocycles. The van der Waals surface area contributed by atoms with E-state index in [9.17, 15) is 19.8 Å². The van der Waals surface area contributed by atoms with Crippen LogP contribution < -0.4 is 0 Å². The number of carbonyl (C=O) groups is 2. The molecule has 1 spiro atoms. The second kappa shape index (κ2) is 10.6. The Morgan fingerprint density at radius 2 is 1.78 bits per heavy atom. The Morgan fingerprint density at radius 1 is 0.956 bits per heavy atom. The zero-order chi connectivity index (χ0) is 31.4. The average molecular weight is 629 g/mol. The first-order chi connectivity index (χ1) is 21.4. The van der Waals surface area contributed by atoms with Crippen molar-refractivity contribution in [1.29, 1.82) is 0 Å². The largest absolute Gasteiger partial charge is 0.458 e. The molecule has 2 N–H and O–H groups in total. The first kappa shape index (κ1) is 30.9.